The van der Waals surface area contributed by atoms with Crippen LogP contribution in [0.25, 0.3) is 0 Å². The van der Waals surface area contributed by atoms with Gasteiger partial charge in [0.25, 0.3) is 0 Å². The third-order valence-electron chi connectivity index (χ3n) is 4.95. The first-order chi connectivity index (χ1) is 14.6. The monoisotopic (exact) mass is 452 g/mol. The molecule has 2 unspecified atom stereocenters. The number of rotatable bonds is 7. The van der Waals surface area contributed by atoms with Gasteiger partial charge in [-0.3, -0.25) is 0 Å². The lowest BCUT2D eigenvalue weighted by Gasteiger charge is -2.23. The van der Waals surface area contributed by atoms with Crippen molar-refractivity contribution in [3.8, 4) is 5.75 Å². The van der Waals surface area contributed by atoms with Crippen LogP contribution >= 0.6 is 11.8 Å². The number of aliphatic carboxylic acids is 1. The molecule has 0 fully saturated rings. The number of halogens is 3. The highest BCUT2D eigenvalue weighted by Gasteiger charge is 2.32. The number of allylic oxidation sites excluding steroid dienone is 1. The number of alkyl halides is 3. The lowest BCUT2D eigenvalue weighted by molar-refractivity contribution is -0.139. The summed E-state index contributed by atoms with van der Waals surface area (Å²) in [6, 6.07) is 10.7. The first kappa shape index (κ1) is 23.0. The molecule has 2 aromatic rings. The molecule has 0 radical (unpaired) electrons. The van der Waals surface area contributed by atoms with Gasteiger partial charge in [0.15, 0.2) is 6.61 Å². The number of carbonyl (C=O) groups is 1. The Labute approximate surface area is 182 Å². The maximum Gasteiger partial charge on any atom is 0.416 e. The second kappa shape index (κ2) is 9.23. The molecule has 31 heavy (non-hydrogen) atoms. The first-order valence-electron chi connectivity index (χ1n) is 9.57. The van der Waals surface area contributed by atoms with Crippen LogP contribution in [0.2, 0.25) is 0 Å². The Morgan fingerprint density at radius 2 is 1.87 bits per heavy atom. The van der Waals surface area contributed by atoms with E-state index in [0.29, 0.717) is 5.75 Å². The third kappa shape index (κ3) is 5.54. The molecule has 0 aromatic heterocycles. The lowest BCUT2D eigenvalue weighted by Crippen LogP contribution is -2.30. The van der Waals surface area contributed by atoms with Crippen molar-refractivity contribution in [2.24, 2.45) is 0 Å². The molecule has 1 aliphatic heterocycles. The van der Waals surface area contributed by atoms with E-state index in [4.69, 9.17) is 9.84 Å². The number of ether oxygens (including phenoxy) is 1. The smallest absolute Gasteiger partial charge is 0.416 e. The van der Waals surface area contributed by atoms with Crippen molar-refractivity contribution in [1.29, 1.82) is 0 Å². The fourth-order valence-corrected chi connectivity index (χ4v) is 4.87. The quantitative estimate of drug-likeness (QED) is 0.509. The van der Waals surface area contributed by atoms with Crippen LogP contribution < -0.4 is 15.6 Å². The molecule has 1 heterocycles. The fraction of sp³-hybridized carbons (Fsp3) is 0.318. The Balaban J connectivity index is 1.92. The summed E-state index contributed by atoms with van der Waals surface area (Å²) in [4.78, 5) is 11.6. The van der Waals surface area contributed by atoms with Crippen LogP contribution in [0, 0.1) is 6.92 Å². The highest BCUT2D eigenvalue weighted by atomic mass is 32.2. The summed E-state index contributed by atoms with van der Waals surface area (Å²) in [6.45, 7) is 5.31. The normalized spacial score (nSPS) is 17.4. The Hall–Kier alpha value is -2.65. The summed E-state index contributed by atoms with van der Waals surface area (Å²) in [5.41, 5.74) is 9.08. The van der Waals surface area contributed by atoms with Crippen LogP contribution in [0.3, 0.4) is 0 Å². The minimum absolute atomic E-state index is 0.000868. The molecule has 2 aromatic carbocycles. The van der Waals surface area contributed by atoms with Crippen LogP contribution in [0.1, 0.15) is 35.8 Å². The summed E-state index contributed by atoms with van der Waals surface area (Å²) >= 11 is 1.52. The Bertz CT molecular complexity index is 990. The number of carboxylic acid groups (broad SMARTS) is 1. The summed E-state index contributed by atoms with van der Waals surface area (Å²) in [5.74, 6) is -0.580. The lowest BCUT2D eigenvalue weighted by atomic mass is 9.98. The molecular weight excluding hydrogens is 429 g/mol. The average Bonchev–Trinajstić information content (AvgIpc) is 3.03. The maximum absolute atomic E-state index is 13.0. The highest BCUT2D eigenvalue weighted by molar-refractivity contribution is 7.99. The molecule has 1 aliphatic rings. The average molecular weight is 452 g/mol. The largest absolute Gasteiger partial charge is 0.482 e. The number of hydrogen-bond acceptors (Lipinski definition) is 5. The van der Waals surface area contributed by atoms with Gasteiger partial charge in [0.2, 0.25) is 0 Å². The number of thioether (sulfide) groups is 1. The van der Waals surface area contributed by atoms with Crippen LogP contribution in [0.15, 0.2) is 58.6 Å². The summed E-state index contributed by atoms with van der Waals surface area (Å²) in [6.07, 6.45) is -4.39. The van der Waals surface area contributed by atoms with Gasteiger partial charge in [-0.05, 0) is 67.8 Å². The molecule has 3 rings (SSSR count). The number of hydrogen-bond donors (Lipinski definition) is 3. The molecule has 0 bridgehead atoms. The zero-order valence-corrected chi connectivity index (χ0v) is 18.0. The predicted octanol–water partition coefficient (Wildman–Crippen LogP) is 5.08. The zero-order chi connectivity index (χ0) is 22.8. The van der Waals surface area contributed by atoms with Crippen LogP contribution in [0.4, 0.5) is 13.2 Å². The van der Waals surface area contributed by atoms with Gasteiger partial charge >= 0.3 is 12.1 Å². The van der Waals surface area contributed by atoms with Gasteiger partial charge in [-0.25, -0.2) is 10.2 Å². The van der Waals surface area contributed by atoms with Gasteiger partial charge in [-0.1, -0.05) is 12.1 Å². The number of benzene rings is 2. The van der Waals surface area contributed by atoms with Crippen molar-refractivity contribution >= 4 is 17.7 Å². The molecule has 0 amide bonds. The van der Waals surface area contributed by atoms with E-state index in [0.717, 1.165) is 39.4 Å². The second-order valence-electron chi connectivity index (χ2n) is 7.30. The maximum atomic E-state index is 13.0. The summed E-state index contributed by atoms with van der Waals surface area (Å²) < 4.78 is 44.3. The van der Waals surface area contributed by atoms with E-state index in [1.807, 2.05) is 32.9 Å². The van der Waals surface area contributed by atoms with Crippen molar-refractivity contribution in [2.45, 2.75) is 43.1 Å². The SMILES string of the molecule is CC1=C(C(Sc2ccc(OCC(=O)O)c(C)c2)c2ccc(C(F)(F)F)cc2)C(C)NN1. The molecule has 166 valence electrons. The molecule has 2 atom stereocenters. The summed E-state index contributed by atoms with van der Waals surface area (Å²) in [5, 5.41) is 8.57. The van der Waals surface area contributed by atoms with E-state index in [1.54, 1.807) is 6.07 Å². The van der Waals surface area contributed by atoms with Crippen LogP contribution in [-0.2, 0) is 11.0 Å². The molecule has 0 spiro atoms. The van der Waals surface area contributed by atoms with E-state index < -0.39 is 24.3 Å². The van der Waals surface area contributed by atoms with Crippen molar-refractivity contribution in [3.05, 3.63) is 70.4 Å². The number of nitrogens with one attached hydrogen (secondary N) is 2. The van der Waals surface area contributed by atoms with Gasteiger partial charge in [-0.2, -0.15) is 13.2 Å². The van der Waals surface area contributed by atoms with Crippen molar-refractivity contribution in [1.82, 2.24) is 10.9 Å². The summed E-state index contributed by atoms with van der Waals surface area (Å²) in [7, 11) is 0. The van der Waals surface area contributed by atoms with Crippen LogP contribution in [0.5, 0.6) is 5.75 Å². The molecule has 0 saturated heterocycles. The first-order valence-corrected chi connectivity index (χ1v) is 10.5. The number of carboxylic acids is 1. The molecular formula is C22H23F3N2O3S. The molecule has 3 N–H and O–H groups in total. The van der Waals surface area contributed by atoms with Gasteiger partial charge < -0.3 is 15.3 Å². The molecule has 0 saturated carbocycles. The van der Waals surface area contributed by atoms with Gasteiger partial charge in [0, 0.05) is 16.6 Å². The van der Waals surface area contributed by atoms with Crippen LogP contribution in [-0.4, -0.2) is 23.7 Å². The Morgan fingerprint density at radius 3 is 2.39 bits per heavy atom. The molecule has 0 aliphatic carbocycles. The fourth-order valence-electron chi connectivity index (χ4n) is 3.41. The van der Waals surface area contributed by atoms with E-state index >= 15 is 0 Å². The van der Waals surface area contributed by atoms with E-state index in [9.17, 15) is 18.0 Å². The molecule has 9 heteroatoms. The van der Waals surface area contributed by atoms with Gasteiger partial charge in [0.1, 0.15) is 5.75 Å². The minimum Gasteiger partial charge on any atom is -0.482 e. The van der Waals surface area contributed by atoms with Crippen molar-refractivity contribution in [2.75, 3.05) is 6.61 Å². The number of aryl methyl sites for hydroxylation is 1. The van der Waals surface area contributed by atoms with E-state index in [-0.39, 0.29) is 11.3 Å². The standard InChI is InChI=1S/C22H23F3N2O3S/c1-12-10-17(8-9-18(12)30-11-19(28)29)31-21(20-13(2)26-27-14(20)3)15-4-6-16(7-5-15)22(23,24)25/h4-10,13,21,26-27H,11H2,1-3H3,(H,28,29). The Kier molecular flexibility index (Phi) is 6.86. The second-order valence-corrected chi connectivity index (χ2v) is 8.48. The van der Waals surface area contributed by atoms with E-state index in [1.165, 1.54) is 23.9 Å². The van der Waals surface area contributed by atoms with Crippen molar-refractivity contribution in [3.63, 3.8) is 0 Å². The third-order valence-corrected chi connectivity index (χ3v) is 6.24. The Morgan fingerprint density at radius 1 is 1.19 bits per heavy atom. The van der Waals surface area contributed by atoms with Crippen molar-refractivity contribution < 1.29 is 27.8 Å². The topological polar surface area (TPSA) is 70.6 Å². The van der Waals surface area contributed by atoms with Gasteiger partial charge in [0.05, 0.1) is 10.8 Å². The highest BCUT2D eigenvalue weighted by Crippen LogP contribution is 2.45. The predicted molar refractivity (Wildman–Crippen MR) is 113 cm³/mol. The zero-order valence-electron chi connectivity index (χ0n) is 17.2. The van der Waals surface area contributed by atoms with Gasteiger partial charge in [-0.15, -0.1) is 11.8 Å². The number of hydrazine groups is 1. The van der Waals surface area contributed by atoms with E-state index in [2.05, 4.69) is 10.9 Å². The minimum atomic E-state index is -4.39. The molecule has 5 nitrogen and oxygen atoms in total.